The van der Waals surface area contributed by atoms with Crippen LogP contribution in [-0.4, -0.2) is 11.9 Å². The van der Waals surface area contributed by atoms with Crippen LogP contribution in [0.4, 0.5) is 0 Å². The molecule has 0 bridgehead atoms. The summed E-state index contributed by atoms with van der Waals surface area (Å²) in [5, 5.41) is 0.900. The van der Waals surface area contributed by atoms with Crippen LogP contribution in [0.3, 0.4) is 0 Å². The topological polar surface area (TPSA) is 26.3 Å². The smallest absolute Gasteiger partial charge is 0.193 e. The lowest BCUT2D eigenvalue weighted by Crippen LogP contribution is -2.03. The summed E-state index contributed by atoms with van der Waals surface area (Å²) < 4.78 is 5.70. The van der Waals surface area contributed by atoms with Crippen molar-refractivity contribution in [3.05, 3.63) is 63.6 Å². The van der Waals surface area contributed by atoms with Crippen molar-refractivity contribution < 1.29 is 9.53 Å². The number of carbonyl (C=O) groups is 1. The van der Waals surface area contributed by atoms with E-state index in [1.807, 2.05) is 12.1 Å². The van der Waals surface area contributed by atoms with E-state index in [-0.39, 0.29) is 5.78 Å². The van der Waals surface area contributed by atoms with E-state index in [4.69, 9.17) is 27.9 Å². The monoisotopic (exact) mass is 306 g/mol. The molecule has 0 saturated heterocycles. The summed E-state index contributed by atoms with van der Waals surface area (Å²) in [6.45, 7) is 0. The zero-order valence-electron chi connectivity index (χ0n) is 10.6. The van der Waals surface area contributed by atoms with Gasteiger partial charge in [0, 0.05) is 21.2 Å². The highest BCUT2D eigenvalue weighted by Gasteiger charge is 2.23. The minimum absolute atomic E-state index is 0.115. The third-order valence-corrected chi connectivity index (χ3v) is 3.48. The fourth-order valence-corrected chi connectivity index (χ4v) is 2.47. The molecule has 0 atom stereocenters. The molecular weight excluding hydrogens is 295 g/mol. The van der Waals surface area contributed by atoms with Crippen molar-refractivity contribution in [3.8, 4) is 5.75 Å². The highest BCUT2D eigenvalue weighted by Crippen LogP contribution is 2.28. The Bertz CT molecular complexity index is 643. The van der Waals surface area contributed by atoms with Crippen molar-refractivity contribution in [2.75, 3.05) is 0 Å². The van der Waals surface area contributed by atoms with Crippen LogP contribution < -0.4 is 4.74 Å². The van der Waals surface area contributed by atoms with Crippen molar-refractivity contribution in [2.24, 2.45) is 0 Å². The maximum absolute atomic E-state index is 12.4. The van der Waals surface area contributed by atoms with E-state index < -0.39 is 0 Å². The van der Waals surface area contributed by atoms with Crippen LogP contribution in [0.5, 0.6) is 5.75 Å². The van der Waals surface area contributed by atoms with Gasteiger partial charge in [-0.3, -0.25) is 4.79 Å². The molecule has 1 fully saturated rings. The first-order valence-corrected chi connectivity index (χ1v) is 7.15. The third-order valence-electron chi connectivity index (χ3n) is 3.05. The first-order valence-electron chi connectivity index (χ1n) is 6.39. The Morgan fingerprint density at radius 3 is 2.35 bits per heavy atom. The summed E-state index contributed by atoms with van der Waals surface area (Å²) in [5.41, 5.74) is 1.05. The predicted molar refractivity (Wildman–Crippen MR) is 80.0 cm³/mol. The lowest BCUT2D eigenvalue weighted by molar-refractivity contribution is 0.103. The van der Waals surface area contributed by atoms with E-state index in [1.54, 1.807) is 30.3 Å². The Labute approximate surface area is 127 Å². The average Bonchev–Trinajstić information content (AvgIpc) is 3.21. The molecule has 1 saturated carbocycles. The molecule has 1 aliphatic carbocycles. The van der Waals surface area contributed by atoms with Gasteiger partial charge in [-0.25, -0.2) is 0 Å². The first kappa shape index (κ1) is 13.5. The minimum atomic E-state index is -0.115. The van der Waals surface area contributed by atoms with Gasteiger partial charge in [-0.05, 0) is 43.2 Å². The SMILES string of the molecule is O=C(c1cc(Cl)cc(Cl)c1)c1cccc(OC2CC2)c1. The number of hydrogen-bond donors (Lipinski definition) is 0. The average molecular weight is 307 g/mol. The van der Waals surface area contributed by atoms with Crippen LogP contribution in [0.25, 0.3) is 0 Å². The fourth-order valence-electron chi connectivity index (χ4n) is 1.94. The van der Waals surface area contributed by atoms with Crippen LogP contribution in [0, 0.1) is 0 Å². The summed E-state index contributed by atoms with van der Waals surface area (Å²) >= 11 is 11.9. The molecule has 2 aromatic rings. The molecule has 2 nitrogen and oxygen atoms in total. The van der Waals surface area contributed by atoms with Crippen LogP contribution in [0.1, 0.15) is 28.8 Å². The zero-order valence-corrected chi connectivity index (χ0v) is 12.1. The summed E-state index contributed by atoms with van der Waals surface area (Å²) in [6.07, 6.45) is 2.48. The van der Waals surface area contributed by atoms with E-state index in [1.165, 1.54) is 0 Å². The Morgan fingerprint density at radius 1 is 1.00 bits per heavy atom. The predicted octanol–water partition coefficient (Wildman–Crippen LogP) is 4.77. The molecule has 0 spiro atoms. The van der Waals surface area contributed by atoms with E-state index in [9.17, 15) is 4.79 Å². The van der Waals surface area contributed by atoms with Crippen molar-refractivity contribution in [1.82, 2.24) is 0 Å². The number of ether oxygens (including phenoxy) is 1. The van der Waals surface area contributed by atoms with Gasteiger partial charge in [-0.15, -0.1) is 0 Å². The molecule has 0 heterocycles. The Hall–Kier alpha value is -1.51. The van der Waals surface area contributed by atoms with Gasteiger partial charge in [0.15, 0.2) is 5.78 Å². The molecular formula is C16H12Cl2O2. The largest absolute Gasteiger partial charge is 0.490 e. The Kier molecular flexibility index (Phi) is 3.68. The molecule has 3 rings (SSSR count). The summed E-state index contributed by atoms with van der Waals surface area (Å²) in [5.74, 6) is 0.613. The molecule has 4 heteroatoms. The third kappa shape index (κ3) is 3.14. The molecule has 20 heavy (non-hydrogen) atoms. The highest BCUT2D eigenvalue weighted by molar-refractivity contribution is 6.35. The zero-order chi connectivity index (χ0) is 14.1. The Morgan fingerprint density at radius 2 is 1.70 bits per heavy atom. The molecule has 0 radical (unpaired) electrons. The van der Waals surface area contributed by atoms with Crippen molar-refractivity contribution in [1.29, 1.82) is 0 Å². The first-order chi connectivity index (χ1) is 9.61. The van der Waals surface area contributed by atoms with Gasteiger partial charge in [0.25, 0.3) is 0 Å². The molecule has 0 aliphatic heterocycles. The van der Waals surface area contributed by atoms with Crippen LogP contribution in [0.2, 0.25) is 10.0 Å². The van der Waals surface area contributed by atoms with Crippen LogP contribution in [0.15, 0.2) is 42.5 Å². The van der Waals surface area contributed by atoms with Crippen molar-refractivity contribution in [3.63, 3.8) is 0 Å². The molecule has 0 N–H and O–H groups in total. The second kappa shape index (κ2) is 5.47. The van der Waals surface area contributed by atoms with E-state index in [0.29, 0.717) is 27.3 Å². The van der Waals surface area contributed by atoms with Gasteiger partial charge in [-0.2, -0.15) is 0 Å². The van der Waals surface area contributed by atoms with Gasteiger partial charge in [0.05, 0.1) is 6.10 Å². The molecule has 0 amide bonds. The van der Waals surface area contributed by atoms with Crippen molar-refractivity contribution >= 4 is 29.0 Å². The number of rotatable bonds is 4. The van der Waals surface area contributed by atoms with E-state index in [2.05, 4.69) is 0 Å². The second-order valence-corrected chi connectivity index (χ2v) is 5.71. The number of carbonyl (C=O) groups excluding carboxylic acids is 1. The fraction of sp³-hybridized carbons (Fsp3) is 0.188. The molecule has 0 unspecified atom stereocenters. The minimum Gasteiger partial charge on any atom is -0.490 e. The van der Waals surface area contributed by atoms with E-state index in [0.717, 1.165) is 18.6 Å². The quantitative estimate of drug-likeness (QED) is 0.761. The number of ketones is 1. The van der Waals surface area contributed by atoms with Gasteiger partial charge in [0.2, 0.25) is 0 Å². The summed E-state index contributed by atoms with van der Waals surface area (Å²) in [6, 6.07) is 12.0. The van der Waals surface area contributed by atoms with Crippen LogP contribution in [-0.2, 0) is 0 Å². The van der Waals surface area contributed by atoms with Gasteiger partial charge < -0.3 is 4.74 Å². The number of hydrogen-bond acceptors (Lipinski definition) is 2. The number of benzene rings is 2. The molecule has 102 valence electrons. The van der Waals surface area contributed by atoms with Gasteiger partial charge in [0.1, 0.15) is 5.75 Å². The summed E-state index contributed by atoms with van der Waals surface area (Å²) in [4.78, 5) is 12.4. The van der Waals surface area contributed by atoms with Crippen molar-refractivity contribution in [2.45, 2.75) is 18.9 Å². The standard InChI is InChI=1S/C16H12Cl2O2/c17-12-6-11(7-13(18)9-12)16(19)10-2-1-3-15(8-10)20-14-4-5-14/h1-3,6-9,14H,4-5H2. The molecule has 1 aliphatic rings. The molecule has 2 aromatic carbocycles. The normalized spacial score (nSPS) is 14.1. The van der Waals surface area contributed by atoms with Gasteiger partial charge in [-0.1, -0.05) is 35.3 Å². The maximum atomic E-state index is 12.4. The summed E-state index contributed by atoms with van der Waals surface area (Å²) in [7, 11) is 0. The maximum Gasteiger partial charge on any atom is 0.193 e. The highest BCUT2D eigenvalue weighted by atomic mass is 35.5. The van der Waals surface area contributed by atoms with Crippen LogP contribution >= 0.6 is 23.2 Å². The second-order valence-electron chi connectivity index (χ2n) is 4.83. The van der Waals surface area contributed by atoms with Gasteiger partial charge >= 0.3 is 0 Å². The van der Waals surface area contributed by atoms with E-state index >= 15 is 0 Å². The lowest BCUT2D eigenvalue weighted by atomic mass is 10.0. The molecule has 0 aromatic heterocycles. The number of halogens is 2. The Balaban J connectivity index is 1.88. The lowest BCUT2D eigenvalue weighted by Gasteiger charge is -2.07.